The molecule has 1 amide bonds. The van der Waals surface area contributed by atoms with Crippen molar-refractivity contribution in [3.63, 3.8) is 0 Å². The molecular formula is C21H23NO. The molecule has 0 heterocycles. The summed E-state index contributed by atoms with van der Waals surface area (Å²) >= 11 is 0. The Bertz CT molecular complexity index is 757. The lowest BCUT2D eigenvalue weighted by atomic mass is 9.46. The fourth-order valence-corrected chi connectivity index (χ4v) is 4.98. The molecule has 118 valence electrons. The number of benzene rings is 2. The molecule has 0 saturated carbocycles. The standard InChI is InChI=1S/C21H23NO/c1-20-13-18(19(23)22(3)4)21(2,16-11-7-5-9-14(16)20)17-12-8-6-10-15(17)20/h5-12,18H,13H2,1-4H3/t18-,20?,21?/m1/s1. The Balaban J connectivity index is 2.07. The highest BCUT2D eigenvalue weighted by molar-refractivity contribution is 5.84. The molecule has 23 heavy (non-hydrogen) atoms. The Labute approximate surface area is 138 Å². The van der Waals surface area contributed by atoms with Gasteiger partial charge in [-0.05, 0) is 28.7 Å². The molecule has 1 atom stereocenters. The molecule has 3 aliphatic carbocycles. The third-order valence-corrected chi connectivity index (χ3v) is 6.21. The molecule has 0 aliphatic heterocycles. The van der Waals surface area contributed by atoms with E-state index < -0.39 is 0 Å². The summed E-state index contributed by atoms with van der Waals surface area (Å²) < 4.78 is 0. The van der Waals surface area contributed by atoms with Crippen LogP contribution in [0, 0.1) is 5.92 Å². The highest BCUT2D eigenvalue weighted by Gasteiger charge is 2.58. The lowest BCUT2D eigenvalue weighted by molar-refractivity contribution is -0.136. The first-order valence-electron chi connectivity index (χ1n) is 8.32. The van der Waals surface area contributed by atoms with E-state index in [1.807, 2.05) is 14.1 Å². The van der Waals surface area contributed by atoms with E-state index in [0.29, 0.717) is 0 Å². The lowest BCUT2D eigenvalue weighted by Gasteiger charge is -2.57. The topological polar surface area (TPSA) is 20.3 Å². The van der Waals surface area contributed by atoms with E-state index in [2.05, 4.69) is 62.4 Å². The molecule has 2 aromatic rings. The Kier molecular flexibility index (Phi) is 2.82. The monoisotopic (exact) mass is 305 g/mol. The zero-order chi connectivity index (χ0) is 16.4. The molecule has 0 N–H and O–H groups in total. The number of carbonyl (C=O) groups excluding carboxylic acids is 1. The van der Waals surface area contributed by atoms with Gasteiger partial charge in [0.15, 0.2) is 0 Å². The van der Waals surface area contributed by atoms with Gasteiger partial charge in [0.25, 0.3) is 0 Å². The number of hydrogen-bond acceptors (Lipinski definition) is 1. The quantitative estimate of drug-likeness (QED) is 0.786. The van der Waals surface area contributed by atoms with Gasteiger partial charge in [-0.3, -0.25) is 4.79 Å². The minimum Gasteiger partial charge on any atom is -0.349 e. The van der Waals surface area contributed by atoms with Gasteiger partial charge in [-0.25, -0.2) is 0 Å². The Morgan fingerprint density at radius 1 is 0.913 bits per heavy atom. The molecular weight excluding hydrogens is 282 g/mol. The average molecular weight is 305 g/mol. The second kappa shape index (κ2) is 4.47. The maximum atomic E-state index is 13.0. The maximum absolute atomic E-state index is 13.0. The molecule has 0 saturated heterocycles. The van der Waals surface area contributed by atoms with Crippen LogP contribution in [0.3, 0.4) is 0 Å². The van der Waals surface area contributed by atoms with Gasteiger partial charge in [0.1, 0.15) is 0 Å². The summed E-state index contributed by atoms with van der Waals surface area (Å²) in [5.74, 6) is 0.232. The van der Waals surface area contributed by atoms with E-state index in [4.69, 9.17) is 0 Å². The Morgan fingerprint density at radius 3 is 1.78 bits per heavy atom. The van der Waals surface area contributed by atoms with Crippen molar-refractivity contribution in [3.05, 3.63) is 70.8 Å². The summed E-state index contributed by atoms with van der Waals surface area (Å²) in [4.78, 5) is 14.7. The molecule has 2 nitrogen and oxygen atoms in total. The maximum Gasteiger partial charge on any atom is 0.226 e. The number of hydrogen-bond donors (Lipinski definition) is 0. The van der Waals surface area contributed by atoms with Crippen molar-refractivity contribution in [3.8, 4) is 0 Å². The molecule has 0 spiro atoms. The van der Waals surface area contributed by atoms with E-state index in [-0.39, 0.29) is 22.7 Å². The Hall–Kier alpha value is -2.09. The normalized spacial score (nSPS) is 30.5. The third kappa shape index (κ3) is 1.61. The summed E-state index contributed by atoms with van der Waals surface area (Å²) in [5, 5.41) is 0. The van der Waals surface area contributed by atoms with Crippen LogP contribution in [0.25, 0.3) is 0 Å². The number of rotatable bonds is 1. The summed E-state index contributed by atoms with van der Waals surface area (Å²) in [6.07, 6.45) is 0.883. The van der Waals surface area contributed by atoms with Crippen LogP contribution in [0.2, 0.25) is 0 Å². The van der Waals surface area contributed by atoms with Gasteiger partial charge in [-0.2, -0.15) is 0 Å². The van der Waals surface area contributed by atoms with E-state index in [9.17, 15) is 4.79 Å². The van der Waals surface area contributed by atoms with Crippen LogP contribution in [-0.4, -0.2) is 24.9 Å². The highest BCUT2D eigenvalue weighted by atomic mass is 16.2. The number of fused-ring (bicyclic) bond motifs is 1. The van der Waals surface area contributed by atoms with Crippen LogP contribution < -0.4 is 0 Å². The minimum absolute atomic E-state index is 0.00713. The predicted molar refractivity (Wildman–Crippen MR) is 92.6 cm³/mol. The second-order valence-electron chi connectivity index (χ2n) is 7.61. The molecule has 2 aromatic carbocycles. The fraction of sp³-hybridized carbons (Fsp3) is 0.381. The van der Waals surface area contributed by atoms with Crippen LogP contribution in [0.15, 0.2) is 48.5 Å². The van der Waals surface area contributed by atoms with Crippen LogP contribution in [-0.2, 0) is 15.6 Å². The molecule has 2 heteroatoms. The summed E-state index contributed by atoms with van der Waals surface area (Å²) in [7, 11) is 3.74. The fourth-order valence-electron chi connectivity index (χ4n) is 4.98. The zero-order valence-electron chi connectivity index (χ0n) is 14.3. The molecule has 0 unspecified atom stereocenters. The summed E-state index contributed by atoms with van der Waals surface area (Å²) in [6, 6.07) is 17.4. The summed E-state index contributed by atoms with van der Waals surface area (Å²) in [5.41, 5.74) is 5.11. The largest absolute Gasteiger partial charge is 0.349 e. The minimum atomic E-state index is -0.244. The average Bonchev–Trinajstić information content (AvgIpc) is 2.57. The van der Waals surface area contributed by atoms with Gasteiger partial charge >= 0.3 is 0 Å². The first-order chi connectivity index (χ1) is 10.9. The van der Waals surface area contributed by atoms with Gasteiger partial charge in [-0.15, -0.1) is 0 Å². The molecule has 0 radical (unpaired) electrons. The molecule has 0 aromatic heterocycles. The molecule has 2 bridgehead atoms. The SMILES string of the molecule is CN(C)C(=O)[C@H]1CC2(C)c3ccccc3C1(C)c1ccccc12. The first-order valence-corrected chi connectivity index (χ1v) is 8.32. The number of nitrogens with zero attached hydrogens (tertiary/aromatic N) is 1. The van der Waals surface area contributed by atoms with E-state index in [0.717, 1.165) is 6.42 Å². The van der Waals surface area contributed by atoms with Crippen LogP contribution in [0.5, 0.6) is 0 Å². The van der Waals surface area contributed by atoms with Crippen molar-refractivity contribution >= 4 is 5.91 Å². The van der Waals surface area contributed by atoms with E-state index in [1.54, 1.807) is 4.90 Å². The van der Waals surface area contributed by atoms with Gasteiger partial charge < -0.3 is 4.90 Å². The predicted octanol–water partition coefficient (Wildman–Crippen LogP) is 3.72. The van der Waals surface area contributed by atoms with Gasteiger partial charge in [-0.1, -0.05) is 62.4 Å². The number of amides is 1. The van der Waals surface area contributed by atoms with Crippen molar-refractivity contribution < 1.29 is 4.79 Å². The van der Waals surface area contributed by atoms with E-state index in [1.165, 1.54) is 22.3 Å². The van der Waals surface area contributed by atoms with Crippen molar-refractivity contribution in [2.45, 2.75) is 31.1 Å². The van der Waals surface area contributed by atoms with Crippen LogP contribution in [0.1, 0.15) is 42.5 Å². The number of carbonyl (C=O) groups is 1. The first kappa shape index (κ1) is 14.5. The van der Waals surface area contributed by atoms with Crippen molar-refractivity contribution in [2.24, 2.45) is 5.92 Å². The third-order valence-electron chi connectivity index (χ3n) is 6.21. The van der Waals surface area contributed by atoms with Crippen molar-refractivity contribution in [1.82, 2.24) is 4.90 Å². The van der Waals surface area contributed by atoms with Gasteiger partial charge in [0, 0.05) is 24.9 Å². The molecule has 0 fully saturated rings. The van der Waals surface area contributed by atoms with Gasteiger partial charge in [0.05, 0.1) is 5.92 Å². The molecule has 5 rings (SSSR count). The van der Waals surface area contributed by atoms with Crippen molar-refractivity contribution in [1.29, 1.82) is 0 Å². The second-order valence-corrected chi connectivity index (χ2v) is 7.61. The van der Waals surface area contributed by atoms with Crippen LogP contribution >= 0.6 is 0 Å². The van der Waals surface area contributed by atoms with E-state index >= 15 is 0 Å². The zero-order valence-corrected chi connectivity index (χ0v) is 14.3. The smallest absolute Gasteiger partial charge is 0.226 e. The lowest BCUT2D eigenvalue weighted by Crippen LogP contribution is -2.56. The van der Waals surface area contributed by atoms with Gasteiger partial charge in [0.2, 0.25) is 5.91 Å². The summed E-state index contributed by atoms with van der Waals surface area (Å²) in [6.45, 7) is 4.56. The highest BCUT2D eigenvalue weighted by Crippen LogP contribution is 2.61. The van der Waals surface area contributed by atoms with Crippen LogP contribution in [0.4, 0.5) is 0 Å². The van der Waals surface area contributed by atoms with Crippen molar-refractivity contribution in [2.75, 3.05) is 14.1 Å². The Morgan fingerprint density at radius 2 is 1.35 bits per heavy atom. The molecule has 3 aliphatic rings.